The number of allylic oxidation sites excluding steroid dienone is 14. The van der Waals surface area contributed by atoms with Crippen LogP contribution < -0.4 is 0 Å². The van der Waals surface area contributed by atoms with Gasteiger partial charge in [-0.25, -0.2) is 0 Å². The Morgan fingerprint density at radius 2 is 0.639 bits per heavy atom. The van der Waals surface area contributed by atoms with Crippen molar-refractivity contribution in [2.45, 2.75) is 232 Å². The summed E-state index contributed by atoms with van der Waals surface area (Å²) >= 11 is 0. The maximum absolute atomic E-state index is 12.8. The molecule has 6 nitrogen and oxygen atoms in total. The van der Waals surface area contributed by atoms with Gasteiger partial charge in [-0.2, -0.15) is 0 Å². The van der Waals surface area contributed by atoms with Crippen molar-refractivity contribution in [2.24, 2.45) is 0 Å². The summed E-state index contributed by atoms with van der Waals surface area (Å²) in [6.45, 7) is 6.40. The van der Waals surface area contributed by atoms with Crippen LogP contribution in [0.1, 0.15) is 226 Å². The molecule has 1 atom stereocenters. The Hall–Kier alpha value is -3.41. The first-order valence-corrected chi connectivity index (χ1v) is 25.2. The molecule has 0 aromatic rings. The van der Waals surface area contributed by atoms with E-state index in [9.17, 15) is 14.4 Å². The van der Waals surface area contributed by atoms with E-state index in [-0.39, 0.29) is 31.1 Å². The first-order chi connectivity index (χ1) is 30.0. The van der Waals surface area contributed by atoms with Gasteiger partial charge in [-0.15, -0.1) is 0 Å². The molecule has 0 rings (SSSR count). The monoisotopic (exact) mass is 849 g/mol. The van der Waals surface area contributed by atoms with Crippen molar-refractivity contribution in [3.63, 3.8) is 0 Å². The maximum Gasteiger partial charge on any atom is 0.306 e. The van der Waals surface area contributed by atoms with Crippen LogP contribution >= 0.6 is 0 Å². The van der Waals surface area contributed by atoms with Gasteiger partial charge in [-0.1, -0.05) is 202 Å². The van der Waals surface area contributed by atoms with Gasteiger partial charge >= 0.3 is 17.9 Å². The van der Waals surface area contributed by atoms with Crippen LogP contribution in [0.3, 0.4) is 0 Å². The molecular weight excluding hydrogens is 757 g/mol. The molecule has 6 heteroatoms. The zero-order valence-corrected chi connectivity index (χ0v) is 39.7. The Bertz CT molecular complexity index is 1200. The van der Waals surface area contributed by atoms with E-state index in [1.54, 1.807) is 0 Å². The fourth-order valence-corrected chi connectivity index (χ4v) is 6.66. The molecule has 0 aliphatic heterocycles. The number of hydrogen-bond acceptors (Lipinski definition) is 6. The van der Waals surface area contributed by atoms with E-state index in [2.05, 4.69) is 106 Å². The Labute approximate surface area is 375 Å². The lowest BCUT2D eigenvalue weighted by atomic mass is 10.1. The summed E-state index contributed by atoms with van der Waals surface area (Å²) in [6, 6.07) is 0. The van der Waals surface area contributed by atoms with Gasteiger partial charge in [0.25, 0.3) is 0 Å². The van der Waals surface area contributed by atoms with Crippen LogP contribution in [0.5, 0.6) is 0 Å². The third-order valence-electron chi connectivity index (χ3n) is 10.5. The minimum Gasteiger partial charge on any atom is -0.462 e. The summed E-state index contributed by atoms with van der Waals surface area (Å²) in [6.07, 6.45) is 62.7. The maximum atomic E-state index is 12.8. The van der Waals surface area contributed by atoms with Gasteiger partial charge < -0.3 is 14.2 Å². The fourth-order valence-electron chi connectivity index (χ4n) is 6.66. The quantitative estimate of drug-likeness (QED) is 0.0263. The minimum atomic E-state index is -0.796. The average molecular weight is 849 g/mol. The number of hydrogen-bond donors (Lipinski definition) is 0. The molecular formula is C55H92O6. The molecule has 0 aromatic heterocycles. The number of unbranched alkanes of at least 4 members (excludes halogenated alkanes) is 23. The van der Waals surface area contributed by atoms with E-state index < -0.39 is 6.10 Å². The minimum absolute atomic E-state index is 0.0952. The van der Waals surface area contributed by atoms with E-state index in [1.165, 1.54) is 83.5 Å². The normalized spacial score (nSPS) is 12.8. The summed E-state index contributed by atoms with van der Waals surface area (Å²) in [5.41, 5.74) is 0. The van der Waals surface area contributed by atoms with Gasteiger partial charge in [0, 0.05) is 19.3 Å². The Balaban J connectivity index is 4.46. The molecule has 0 radical (unpaired) electrons. The van der Waals surface area contributed by atoms with Crippen molar-refractivity contribution in [1.29, 1.82) is 0 Å². The van der Waals surface area contributed by atoms with Crippen molar-refractivity contribution in [1.82, 2.24) is 0 Å². The molecule has 1 unspecified atom stereocenters. The molecule has 0 saturated heterocycles. The van der Waals surface area contributed by atoms with Crippen molar-refractivity contribution in [2.75, 3.05) is 13.2 Å². The van der Waals surface area contributed by atoms with E-state index in [0.717, 1.165) is 103 Å². The van der Waals surface area contributed by atoms with Crippen molar-refractivity contribution >= 4 is 17.9 Å². The van der Waals surface area contributed by atoms with Crippen LogP contribution in [0.4, 0.5) is 0 Å². The molecule has 348 valence electrons. The number of carbonyl (C=O) groups is 3. The van der Waals surface area contributed by atoms with E-state index >= 15 is 0 Å². The summed E-state index contributed by atoms with van der Waals surface area (Å²) < 4.78 is 16.7. The number of esters is 3. The second-order valence-corrected chi connectivity index (χ2v) is 16.5. The highest BCUT2D eigenvalue weighted by molar-refractivity contribution is 5.71. The third kappa shape index (κ3) is 47.5. The number of rotatable bonds is 44. The largest absolute Gasteiger partial charge is 0.462 e. The first kappa shape index (κ1) is 57.6. The molecule has 0 saturated carbocycles. The van der Waals surface area contributed by atoms with Crippen molar-refractivity contribution < 1.29 is 28.6 Å². The van der Waals surface area contributed by atoms with Gasteiger partial charge in [0.15, 0.2) is 6.10 Å². The lowest BCUT2D eigenvalue weighted by molar-refractivity contribution is -0.167. The zero-order valence-electron chi connectivity index (χ0n) is 39.7. The van der Waals surface area contributed by atoms with Crippen molar-refractivity contribution in [3.8, 4) is 0 Å². The smallest absolute Gasteiger partial charge is 0.306 e. The SMILES string of the molecule is CC\C=C/C=C\C=C/CCCCCCCC(=O)OCC(COC(=O)CCCCCCCC/C=C\C=C/CCCCC)OC(=O)CCCCCCCC/C=C\C=C/CCCCC. The lowest BCUT2D eigenvalue weighted by Gasteiger charge is -2.18. The second kappa shape index (κ2) is 49.2. The summed E-state index contributed by atoms with van der Waals surface area (Å²) in [5.74, 6) is -0.941. The topological polar surface area (TPSA) is 78.9 Å². The zero-order chi connectivity index (χ0) is 44.4. The van der Waals surface area contributed by atoms with Crippen LogP contribution in [0.25, 0.3) is 0 Å². The molecule has 0 heterocycles. The molecule has 0 bridgehead atoms. The Morgan fingerprint density at radius 1 is 0.344 bits per heavy atom. The highest BCUT2D eigenvalue weighted by atomic mass is 16.6. The van der Waals surface area contributed by atoms with Gasteiger partial charge in [0.05, 0.1) is 0 Å². The Morgan fingerprint density at radius 3 is 1.00 bits per heavy atom. The summed E-state index contributed by atoms with van der Waals surface area (Å²) in [5, 5.41) is 0. The fraction of sp³-hybridized carbons (Fsp3) is 0.691. The van der Waals surface area contributed by atoms with E-state index in [1.807, 2.05) is 0 Å². The summed E-state index contributed by atoms with van der Waals surface area (Å²) in [4.78, 5) is 37.9. The summed E-state index contributed by atoms with van der Waals surface area (Å²) in [7, 11) is 0. The molecule has 0 aliphatic rings. The van der Waals surface area contributed by atoms with E-state index in [4.69, 9.17) is 14.2 Å². The lowest BCUT2D eigenvalue weighted by Crippen LogP contribution is -2.30. The molecule has 0 amide bonds. The third-order valence-corrected chi connectivity index (χ3v) is 10.5. The average Bonchev–Trinajstić information content (AvgIpc) is 3.26. The van der Waals surface area contributed by atoms with Gasteiger partial charge in [-0.3, -0.25) is 14.4 Å². The van der Waals surface area contributed by atoms with Gasteiger partial charge in [0.1, 0.15) is 13.2 Å². The van der Waals surface area contributed by atoms with Crippen LogP contribution in [0.2, 0.25) is 0 Å². The highest BCUT2D eigenvalue weighted by Gasteiger charge is 2.19. The van der Waals surface area contributed by atoms with Gasteiger partial charge in [0.2, 0.25) is 0 Å². The van der Waals surface area contributed by atoms with Crippen molar-refractivity contribution in [3.05, 3.63) is 85.1 Å². The molecule has 0 N–H and O–H groups in total. The molecule has 0 fully saturated rings. The van der Waals surface area contributed by atoms with Crippen LogP contribution in [-0.2, 0) is 28.6 Å². The first-order valence-electron chi connectivity index (χ1n) is 25.2. The van der Waals surface area contributed by atoms with Crippen LogP contribution in [0, 0.1) is 0 Å². The Kier molecular flexibility index (Phi) is 46.5. The van der Waals surface area contributed by atoms with E-state index in [0.29, 0.717) is 19.3 Å². The standard InChI is InChI=1S/C55H92O6/c1-4-7-10-13-16-19-22-25-27-30-33-36-39-42-45-48-54(57)60-51-52(50-59-53(56)47-44-41-38-35-32-29-24-21-18-15-12-9-6-3)61-55(58)49-46-43-40-37-34-31-28-26-23-20-17-14-11-8-5-2/h9,12,15-26,52H,4-8,10-11,13-14,27-51H2,1-3H3/b12-9-,18-15-,19-16-,20-17-,24-21-,25-22-,26-23-. The highest BCUT2D eigenvalue weighted by Crippen LogP contribution is 2.13. The number of carbonyl (C=O) groups excluding carboxylic acids is 3. The predicted octanol–water partition coefficient (Wildman–Crippen LogP) is 16.4. The second-order valence-electron chi connectivity index (χ2n) is 16.5. The molecule has 0 spiro atoms. The number of ether oxygens (including phenoxy) is 3. The predicted molar refractivity (Wildman–Crippen MR) is 261 cm³/mol. The molecule has 0 aromatic carbocycles. The van der Waals surface area contributed by atoms with Crippen LogP contribution in [-0.4, -0.2) is 37.2 Å². The molecule has 61 heavy (non-hydrogen) atoms. The molecule has 0 aliphatic carbocycles. The van der Waals surface area contributed by atoms with Crippen LogP contribution in [0.15, 0.2) is 85.1 Å². The van der Waals surface area contributed by atoms with Gasteiger partial charge in [-0.05, 0) is 89.9 Å².